The van der Waals surface area contributed by atoms with Crippen LogP contribution in [-0.4, -0.2) is 9.55 Å². The lowest BCUT2D eigenvalue weighted by molar-refractivity contribution is 0.778. The van der Waals surface area contributed by atoms with Gasteiger partial charge in [0.15, 0.2) is 0 Å². The second-order valence-corrected chi connectivity index (χ2v) is 3.77. The van der Waals surface area contributed by atoms with E-state index in [1.165, 1.54) is 13.1 Å². The summed E-state index contributed by atoms with van der Waals surface area (Å²) in [7, 11) is 1.41. The molecule has 1 N–H and O–H groups in total. The number of H-pyrrole nitrogens is 1. The zero-order chi connectivity index (χ0) is 11.7. The Morgan fingerprint density at radius 2 is 1.94 bits per heavy atom. The van der Waals surface area contributed by atoms with E-state index in [0.717, 1.165) is 4.57 Å². The Labute approximate surface area is 96.1 Å². The minimum absolute atomic E-state index is 0.362. The number of halogens is 1. The summed E-state index contributed by atoms with van der Waals surface area (Å²) in [5.74, 6) is 0. The molecule has 4 nitrogen and oxygen atoms in total. The van der Waals surface area contributed by atoms with E-state index in [1.807, 2.05) is 0 Å². The number of nitrogens with zero attached hydrogens (tertiary/aromatic N) is 1. The topological polar surface area (TPSA) is 54.9 Å². The van der Waals surface area contributed by atoms with Crippen molar-refractivity contribution in [2.75, 3.05) is 0 Å². The molecule has 1 heterocycles. The predicted octanol–water partition coefficient (Wildman–Crippen LogP) is 1.39. The number of hydrogen-bond acceptors (Lipinski definition) is 2. The predicted molar refractivity (Wildman–Crippen MR) is 62.7 cm³/mol. The Hall–Kier alpha value is -1.81. The summed E-state index contributed by atoms with van der Waals surface area (Å²) in [5.41, 5.74) is 0.249. The fourth-order valence-corrected chi connectivity index (χ4v) is 1.62. The van der Waals surface area contributed by atoms with Gasteiger partial charge in [0, 0.05) is 23.7 Å². The van der Waals surface area contributed by atoms with Crippen molar-refractivity contribution < 1.29 is 0 Å². The Morgan fingerprint density at radius 1 is 1.25 bits per heavy atom. The number of nitrogens with one attached hydrogen (secondary N) is 1. The van der Waals surface area contributed by atoms with Crippen LogP contribution in [0.4, 0.5) is 0 Å². The first-order valence-corrected chi connectivity index (χ1v) is 5.02. The normalized spacial score (nSPS) is 10.4. The largest absolute Gasteiger partial charge is 0.328 e. The average Bonchev–Trinajstić information content (AvgIpc) is 2.26. The zero-order valence-corrected chi connectivity index (χ0v) is 9.28. The maximum Gasteiger partial charge on any atom is 0.328 e. The minimum atomic E-state index is -0.456. The van der Waals surface area contributed by atoms with Crippen LogP contribution in [0, 0.1) is 0 Å². The van der Waals surface area contributed by atoms with Gasteiger partial charge in [0.25, 0.3) is 5.56 Å². The Morgan fingerprint density at radius 3 is 2.56 bits per heavy atom. The zero-order valence-electron chi connectivity index (χ0n) is 8.53. The minimum Gasteiger partial charge on any atom is -0.307 e. The molecule has 82 valence electrons. The molecular formula is C11H9ClN2O2. The van der Waals surface area contributed by atoms with Gasteiger partial charge >= 0.3 is 5.69 Å². The van der Waals surface area contributed by atoms with Crippen molar-refractivity contribution in [3.05, 3.63) is 56.2 Å². The molecule has 0 unspecified atom stereocenters. The molecule has 2 rings (SSSR count). The van der Waals surface area contributed by atoms with E-state index in [0.29, 0.717) is 16.3 Å². The molecule has 0 aliphatic carbocycles. The third-order valence-corrected chi connectivity index (χ3v) is 2.64. The summed E-state index contributed by atoms with van der Waals surface area (Å²) in [6.45, 7) is 0. The molecule has 0 spiro atoms. The lowest BCUT2D eigenvalue weighted by Crippen LogP contribution is -2.32. The first kappa shape index (κ1) is 10.7. The van der Waals surface area contributed by atoms with E-state index in [4.69, 9.17) is 11.6 Å². The van der Waals surface area contributed by atoms with E-state index in [2.05, 4.69) is 4.98 Å². The number of hydrogen-bond donors (Lipinski definition) is 1. The molecule has 2 aromatic rings. The third-order valence-electron chi connectivity index (χ3n) is 2.31. The average molecular weight is 237 g/mol. The van der Waals surface area contributed by atoms with Crippen molar-refractivity contribution in [3.8, 4) is 11.3 Å². The molecule has 0 aliphatic heterocycles. The molecule has 1 aromatic heterocycles. The van der Waals surface area contributed by atoms with E-state index in [-0.39, 0.29) is 5.56 Å². The van der Waals surface area contributed by atoms with Crippen LogP contribution in [0.5, 0.6) is 0 Å². The van der Waals surface area contributed by atoms with E-state index in [1.54, 1.807) is 24.3 Å². The fourth-order valence-electron chi connectivity index (χ4n) is 1.38. The maximum absolute atomic E-state index is 11.4. The van der Waals surface area contributed by atoms with Crippen LogP contribution in [0.1, 0.15) is 0 Å². The number of benzene rings is 1. The van der Waals surface area contributed by atoms with Crippen LogP contribution in [0.3, 0.4) is 0 Å². The Balaban J connectivity index is 2.72. The molecule has 0 radical (unpaired) electrons. The molecule has 0 fully saturated rings. The van der Waals surface area contributed by atoms with Gasteiger partial charge in [-0.3, -0.25) is 9.36 Å². The van der Waals surface area contributed by atoms with E-state index in [9.17, 15) is 9.59 Å². The SMILES string of the molecule is Cn1c(=O)cc(-c2ccccc2Cl)[nH]c1=O. The molecule has 0 aliphatic rings. The summed E-state index contributed by atoms with van der Waals surface area (Å²) >= 11 is 5.97. The summed E-state index contributed by atoms with van der Waals surface area (Å²) in [6, 6.07) is 8.37. The summed E-state index contributed by atoms with van der Waals surface area (Å²) in [5, 5.41) is 0.492. The van der Waals surface area contributed by atoms with E-state index >= 15 is 0 Å². The first-order valence-electron chi connectivity index (χ1n) is 4.65. The highest BCUT2D eigenvalue weighted by Crippen LogP contribution is 2.23. The monoisotopic (exact) mass is 236 g/mol. The second kappa shape index (κ2) is 3.98. The van der Waals surface area contributed by atoms with Gasteiger partial charge in [-0.25, -0.2) is 4.79 Å². The Kier molecular flexibility index (Phi) is 2.66. The molecule has 0 amide bonds. The van der Waals surface area contributed by atoms with Crippen molar-refractivity contribution in [2.24, 2.45) is 7.05 Å². The van der Waals surface area contributed by atoms with Gasteiger partial charge in [-0.2, -0.15) is 0 Å². The van der Waals surface area contributed by atoms with Gasteiger partial charge in [-0.1, -0.05) is 29.8 Å². The van der Waals surface area contributed by atoms with Gasteiger partial charge in [-0.05, 0) is 6.07 Å². The van der Waals surface area contributed by atoms with Gasteiger partial charge in [0.05, 0.1) is 5.69 Å². The molecule has 0 saturated heterocycles. The highest BCUT2D eigenvalue weighted by atomic mass is 35.5. The third kappa shape index (κ3) is 1.79. The number of aromatic nitrogens is 2. The smallest absolute Gasteiger partial charge is 0.307 e. The maximum atomic E-state index is 11.4. The standard InChI is InChI=1S/C11H9ClN2O2/c1-14-10(15)6-9(13-11(14)16)7-4-2-3-5-8(7)12/h2-6H,1H3,(H,13,16). The van der Waals surface area contributed by atoms with Crippen molar-refractivity contribution in [1.82, 2.24) is 9.55 Å². The quantitative estimate of drug-likeness (QED) is 0.814. The summed E-state index contributed by atoms with van der Waals surface area (Å²) in [6.07, 6.45) is 0. The van der Waals surface area contributed by atoms with Gasteiger partial charge in [-0.15, -0.1) is 0 Å². The fraction of sp³-hybridized carbons (Fsp3) is 0.0909. The molecule has 0 atom stereocenters. The van der Waals surface area contributed by atoms with Crippen molar-refractivity contribution >= 4 is 11.6 Å². The van der Waals surface area contributed by atoms with Crippen LogP contribution in [0.25, 0.3) is 11.3 Å². The first-order chi connectivity index (χ1) is 7.59. The summed E-state index contributed by atoms with van der Waals surface area (Å²) in [4.78, 5) is 25.5. The molecule has 1 aromatic carbocycles. The Bertz CT molecular complexity index is 612. The van der Waals surface area contributed by atoms with Crippen LogP contribution in [-0.2, 0) is 7.05 Å². The lowest BCUT2D eigenvalue weighted by Gasteiger charge is -2.04. The highest BCUT2D eigenvalue weighted by Gasteiger charge is 2.06. The second-order valence-electron chi connectivity index (χ2n) is 3.37. The number of aromatic amines is 1. The van der Waals surface area contributed by atoms with Crippen LogP contribution < -0.4 is 11.2 Å². The van der Waals surface area contributed by atoms with Crippen molar-refractivity contribution in [1.29, 1.82) is 0 Å². The number of rotatable bonds is 1. The molecular weight excluding hydrogens is 228 g/mol. The lowest BCUT2D eigenvalue weighted by atomic mass is 10.1. The molecule has 5 heteroatoms. The van der Waals surface area contributed by atoms with Crippen LogP contribution >= 0.6 is 11.6 Å². The van der Waals surface area contributed by atoms with Crippen LogP contribution in [0.2, 0.25) is 5.02 Å². The highest BCUT2D eigenvalue weighted by molar-refractivity contribution is 6.33. The molecule has 0 bridgehead atoms. The molecule has 16 heavy (non-hydrogen) atoms. The van der Waals surface area contributed by atoms with Gasteiger partial charge in [0.2, 0.25) is 0 Å². The van der Waals surface area contributed by atoms with Gasteiger partial charge in [0.1, 0.15) is 0 Å². The van der Waals surface area contributed by atoms with Gasteiger partial charge < -0.3 is 4.98 Å². The van der Waals surface area contributed by atoms with Crippen molar-refractivity contribution in [3.63, 3.8) is 0 Å². The van der Waals surface area contributed by atoms with Crippen molar-refractivity contribution in [2.45, 2.75) is 0 Å². The summed E-state index contributed by atoms with van der Waals surface area (Å²) < 4.78 is 1.00. The van der Waals surface area contributed by atoms with Crippen LogP contribution in [0.15, 0.2) is 39.9 Å². The van der Waals surface area contributed by atoms with E-state index < -0.39 is 5.69 Å². The molecule has 0 saturated carbocycles.